The second-order valence-corrected chi connectivity index (χ2v) is 11.3. The van der Waals surface area contributed by atoms with Crippen molar-refractivity contribution in [2.75, 3.05) is 67.9 Å². The van der Waals surface area contributed by atoms with Gasteiger partial charge >= 0.3 is 5.97 Å². The highest BCUT2D eigenvalue weighted by Crippen LogP contribution is 2.55. The highest BCUT2D eigenvalue weighted by molar-refractivity contribution is 7.82. The minimum Gasteiger partial charge on any atom is -0.493 e. The summed E-state index contributed by atoms with van der Waals surface area (Å²) in [4.78, 5) is 16.1. The molecule has 0 aromatic heterocycles. The van der Waals surface area contributed by atoms with Crippen LogP contribution in [-0.2, 0) is 36.4 Å². The lowest BCUT2D eigenvalue weighted by Crippen LogP contribution is -2.45. The fourth-order valence-corrected chi connectivity index (χ4v) is 7.64. The fraction of sp³-hybridized carbons (Fsp3) is 0.519. The average Bonchev–Trinajstić information content (AvgIpc) is 3.50. The van der Waals surface area contributed by atoms with E-state index in [1.165, 1.54) is 7.11 Å². The molecule has 1 aromatic rings. The first kappa shape index (κ1) is 26.2. The van der Waals surface area contributed by atoms with E-state index in [4.69, 9.17) is 28.4 Å². The highest BCUT2D eigenvalue weighted by atomic mass is 32.2. The molecule has 1 fully saturated rings. The summed E-state index contributed by atoms with van der Waals surface area (Å²) in [5.74, 6) is 1.78. The number of carbonyl (C=O) groups excluding carboxylic acids is 1. The third kappa shape index (κ3) is 4.12. The van der Waals surface area contributed by atoms with Gasteiger partial charge in [0.25, 0.3) is 0 Å². The standard InChI is InChI=1S/C27H33N3O8S/c1-29-11-8-16-18(20(29)21-15-6-5-7-17(33-2)22(34-3)19(15)27(31)38-21)23(35-4)24-25(37-14-36-24)26(16)39(32)30-12-9-28-10-13-30/h5,7,20-21,28H,6,8-14H2,1-4H3. The predicted molar refractivity (Wildman–Crippen MR) is 141 cm³/mol. The van der Waals surface area contributed by atoms with E-state index in [9.17, 15) is 9.00 Å². The number of likely N-dealkylation sites (N-methyl/N-ethyl adjacent to an activating group) is 1. The number of cyclic esters (lactones) is 1. The molecule has 0 spiro atoms. The van der Waals surface area contributed by atoms with E-state index in [2.05, 4.69) is 10.2 Å². The maximum absolute atomic E-state index is 14.1. The molecule has 0 bridgehead atoms. The number of nitrogens with one attached hydrogen (secondary N) is 1. The van der Waals surface area contributed by atoms with Gasteiger partial charge in [-0.05, 0) is 37.1 Å². The Hall–Kier alpha value is -3.06. The van der Waals surface area contributed by atoms with Crippen LogP contribution in [-0.4, -0.2) is 93.4 Å². The van der Waals surface area contributed by atoms with Crippen LogP contribution < -0.4 is 19.5 Å². The van der Waals surface area contributed by atoms with Crippen LogP contribution >= 0.6 is 0 Å². The summed E-state index contributed by atoms with van der Waals surface area (Å²) in [6, 6.07) is -0.413. The number of fused-ring (bicyclic) bond motifs is 2. The molecule has 39 heavy (non-hydrogen) atoms. The smallest absolute Gasteiger partial charge is 0.342 e. The van der Waals surface area contributed by atoms with Gasteiger partial charge in [-0.3, -0.25) is 4.90 Å². The molecule has 6 rings (SSSR count). The van der Waals surface area contributed by atoms with Crippen LogP contribution in [0.25, 0.3) is 0 Å². The van der Waals surface area contributed by atoms with Crippen molar-refractivity contribution in [1.82, 2.24) is 14.5 Å². The monoisotopic (exact) mass is 559 g/mol. The molecule has 210 valence electrons. The van der Waals surface area contributed by atoms with Crippen molar-refractivity contribution in [3.05, 3.63) is 45.9 Å². The molecule has 1 saturated heterocycles. The number of carbonyl (C=O) groups is 1. The van der Waals surface area contributed by atoms with Gasteiger partial charge in [0.05, 0.1) is 27.4 Å². The first-order valence-electron chi connectivity index (χ1n) is 13.0. The molecule has 4 heterocycles. The quantitative estimate of drug-likeness (QED) is 0.516. The molecule has 4 aliphatic heterocycles. The fourth-order valence-electron chi connectivity index (χ4n) is 6.14. The van der Waals surface area contributed by atoms with Gasteiger partial charge in [0.15, 0.2) is 23.0 Å². The third-order valence-corrected chi connectivity index (χ3v) is 9.53. The second-order valence-electron chi connectivity index (χ2n) is 9.86. The molecule has 1 aromatic carbocycles. The predicted octanol–water partition coefficient (Wildman–Crippen LogP) is 1.57. The van der Waals surface area contributed by atoms with Crippen LogP contribution in [0.5, 0.6) is 17.2 Å². The van der Waals surface area contributed by atoms with Gasteiger partial charge in [0, 0.05) is 38.3 Å². The van der Waals surface area contributed by atoms with E-state index >= 15 is 0 Å². The lowest BCUT2D eigenvalue weighted by atomic mass is 9.84. The number of benzene rings is 1. The SMILES string of the molecule is COC1=C(OC)C2=C(CC=C1)C(C1c3c(c(S(=O)N4CCNCC4)c4c(c3OC)OCO4)CCN1C)OC2=O. The Kier molecular flexibility index (Phi) is 7.04. The van der Waals surface area contributed by atoms with Crippen LogP contribution in [0, 0.1) is 0 Å². The summed E-state index contributed by atoms with van der Waals surface area (Å²) in [7, 11) is 5.17. The van der Waals surface area contributed by atoms with Crippen molar-refractivity contribution in [3.8, 4) is 17.2 Å². The topological polar surface area (TPSA) is 108 Å². The minimum atomic E-state index is -1.47. The Morgan fingerprint density at radius 2 is 1.82 bits per heavy atom. The zero-order valence-electron chi connectivity index (χ0n) is 22.5. The van der Waals surface area contributed by atoms with Gasteiger partial charge in [-0.1, -0.05) is 6.08 Å². The maximum Gasteiger partial charge on any atom is 0.342 e. The van der Waals surface area contributed by atoms with E-state index in [-0.39, 0.29) is 6.79 Å². The average molecular weight is 560 g/mol. The Morgan fingerprint density at radius 1 is 1.05 bits per heavy atom. The van der Waals surface area contributed by atoms with Crippen molar-refractivity contribution in [1.29, 1.82) is 0 Å². The lowest BCUT2D eigenvalue weighted by molar-refractivity contribution is -0.142. The summed E-state index contributed by atoms with van der Waals surface area (Å²) in [6.45, 7) is 3.51. The van der Waals surface area contributed by atoms with Crippen molar-refractivity contribution in [2.45, 2.75) is 29.9 Å². The zero-order valence-corrected chi connectivity index (χ0v) is 23.4. The first-order valence-corrected chi connectivity index (χ1v) is 14.1. The molecule has 12 heteroatoms. The summed E-state index contributed by atoms with van der Waals surface area (Å²) in [5, 5.41) is 3.31. The number of allylic oxidation sites excluding steroid dienone is 2. The van der Waals surface area contributed by atoms with Gasteiger partial charge in [0.1, 0.15) is 27.6 Å². The van der Waals surface area contributed by atoms with Crippen LogP contribution in [0.4, 0.5) is 0 Å². The molecular formula is C27H33N3O8S. The number of esters is 1. The molecule has 5 aliphatic rings. The van der Waals surface area contributed by atoms with E-state index < -0.39 is 29.1 Å². The molecule has 0 radical (unpaired) electrons. The van der Waals surface area contributed by atoms with Crippen LogP contribution in [0.1, 0.15) is 23.6 Å². The Balaban J connectivity index is 1.54. The molecule has 0 amide bonds. The van der Waals surface area contributed by atoms with E-state index in [1.807, 2.05) is 23.5 Å². The lowest BCUT2D eigenvalue weighted by Gasteiger charge is -2.40. The molecule has 3 atom stereocenters. The number of ether oxygens (including phenoxy) is 6. The molecular weight excluding hydrogens is 526 g/mol. The number of piperazine rings is 1. The number of rotatable bonds is 6. The normalized spacial score (nSPS) is 25.7. The molecule has 1 aliphatic carbocycles. The van der Waals surface area contributed by atoms with Gasteiger partial charge in [0.2, 0.25) is 12.5 Å². The molecule has 1 N–H and O–H groups in total. The molecule has 11 nitrogen and oxygen atoms in total. The van der Waals surface area contributed by atoms with E-state index in [0.717, 1.165) is 29.8 Å². The van der Waals surface area contributed by atoms with Crippen molar-refractivity contribution < 1.29 is 37.4 Å². The van der Waals surface area contributed by atoms with E-state index in [1.54, 1.807) is 14.2 Å². The second kappa shape index (κ2) is 10.5. The Bertz CT molecular complexity index is 1320. The minimum absolute atomic E-state index is 0.0150. The van der Waals surface area contributed by atoms with Crippen molar-refractivity contribution in [2.24, 2.45) is 0 Å². The summed E-state index contributed by atoms with van der Waals surface area (Å²) < 4.78 is 51.1. The summed E-state index contributed by atoms with van der Waals surface area (Å²) in [6.07, 6.45) is 4.25. The first-order chi connectivity index (χ1) is 19.0. The summed E-state index contributed by atoms with van der Waals surface area (Å²) in [5.41, 5.74) is 2.89. The molecule has 0 saturated carbocycles. The number of hydrogen-bond acceptors (Lipinski definition) is 10. The van der Waals surface area contributed by atoms with Crippen molar-refractivity contribution >= 4 is 17.0 Å². The van der Waals surface area contributed by atoms with Gasteiger partial charge < -0.3 is 33.7 Å². The number of nitrogens with zero attached hydrogens (tertiary/aromatic N) is 2. The molecule has 3 unspecified atom stereocenters. The number of hydrogen-bond donors (Lipinski definition) is 1. The largest absolute Gasteiger partial charge is 0.493 e. The van der Waals surface area contributed by atoms with Crippen LogP contribution in [0.3, 0.4) is 0 Å². The summed E-state index contributed by atoms with van der Waals surface area (Å²) >= 11 is 0. The van der Waals surface area contributed by atoms with Crippen molar-refractivity contribution in [3.63, 3.8) is 0 Å². The zero-order chi connectivity index (χ0) is 27.3. The third-order valence-electron chi connectivity index (χ3n) is 7.91. The maximum atomic E-state index is 14.1. The van der Waals surface area contributed by atoms with Gasteiger partial charge in [-0.2, -0.15) is 0 Å². The Labute approximate surface area is 229 Å². The van der Waals surface area contributed by atoms with Crippen LogP contribution in [0.2, 0.25) is 0 Å². The van der Waals surface area contributed by atoms with E-state index in [0.29, 0.717) is 71.7 Å². The number of methoxy groups -OCH3 is 3. The Morgan fingerprint density at radius 3 is 2.54 bits per heavy atom. The van der Waals surface area contributed by atoms with Gasteiger partial charge in [-0.25, -0.2) is 13.3 Å². The highest BCUT2D eigenvalue weighted by Gasteiger charge is 2.49. The van der Waals surface area contributed by atoms with Crippen LogP contribution in [0.15, 0.2) is 39.7 Å². The van der Waals surface area contributed by atoms with Gasteiger partial charge in [-0.15, -0.1) is 0 Å².